The average Bonchev–Trinajstić information content (AvgIpc) is 2.61. The second kappa shape index (κ2) is 6.75. The SMILES string of the molecule is O=C(N/N=C\c1ccccc1C(=O)O)c1ccc2ccccc2c1. The van der Waals surface area contributed by atoms with Crippen LogP contribution in [0.25, 0.3) is 10.8 Å². The summed E-state index contributed by atoms with van der Waals surface area (Å²) >= 11 is 0. The molecule has 5 nitrogen and oxygen atoms in total. The van der Waals surface area contributed by atoms with E-state index in [2.05, 4.69) is 10.5 Å². The quantitative estimate of drug-likeness (QED) is 0.572. The highest BCUT2D eigenvalue weighted by Crippen LogP contribution is 2.15. The van der Waals surface area contributed by atoms with Crippen LogP contribution in [0.15, 0.2) is 71.8 Å². The molecule has 0 unspecified atom stereocenters. The number of hydrogen-bond donors (Lipinski definition) is 2. The van der Waals surface area contributed by atoms with E-state index in [1.165, 1.54) is 12.3 Å². The van der Waals surface area contributed by atoms with Gasteiger partial charge in [-0.1, -0.05) is 48.5 Å². The molecule has 0 aliphatic carbocycles. The summed E-state index contributed by atoms with van der Waals surface area (Å²) in [6, 6.07) is 19.6. The molecule has 0 aliphatic heterocycles. The van der Waals surface area contributed by atoms with Crippen molar-refractivity contribution in [1.29, 1.82) is 0 Å². The Balaban J connectivity index is 1.76. The molecule has 0 aliphatic rings. The number of rotatable bonds is 4. The molecule has 0 radical (unpaired) electrons. The van der Waals surface area contributed by atoms with Gasteiger partial charge in [0.1, 0.15) is 0 Å². The van der Waals surface area contributed by atoms with Crippen LogP contribution in [0.1, 0.15) is 26.3 Å². The molecule has 0 spiro atoms. The van der Waals surface area contributed by atoms with Gasteiger partial charge in [-0.15, -0.1) is 0 Å². The van der Waals surface area contributed by atoms with Gasteiger partial charge in [0.2, 0.25) is 0 Å². The zero-order valence-electron chi connectivity index (χ0n) is 12.6. The first-order valence-electron chi connectivity index (χ1n) is 7.30. The molecular formula is C19H14N2O3. The van der Waals surface area contributed by atoms with E-state index in [-0.39, 0.29) is 11.5 Å². The van der Waals surface area contributed by atoms with Crippen LogP contribution in [0.5, 0.6) is 0 Å². The summed E-state index contributed by atoms with van der Waals surface area (Å²) < 4.78 is 0. The molecule has 2 N–H and O–H groups in total. The Kier molecular flexibility index (Phi) is 4.34. The highest BCUT2D eigenvalue weighted by Gasteiger charge is 2.08. The standard InChI is InChI=1S/C19H14N2O3/c22-18(15-10-9-13-5-1-2-6-14(13)11-15)21-20-12-16-7-3-4-8-17(16)19(23)24/h1-12H,(H,21,22)(H,23,24)/b20-12-. The number of aromatic carboxylic acids is 1. The normalized spacial score (nSPS) is 10.8. The maximum atomic E-state index is 12.2. The van der Waals surface area contributed by atoms with Crippen molar-refractivity contribution in [1.82, 2.24) is 5.43 Å². The van der Waals surface area contributed by atoms with Crippen molar-refractivity contribution < 1.29 is 14.7 Å². The molecule has 5 heteroatoms. The third-order valence-electron chi connectivity index (χ3n) is 3.57. The summed E-state index contributed by atoms with van der Waals surface area (Å²) in [6.45, 7) is 0. The van der Waals surface area contributed by atoms with Crippen LogP contribution in [-0.2, 0) is 0 Å². The van der Waals surface area contributed by atoms with Gasteiger partial charge in [0.25, 0.3) is 5.91 Å². The summed E-state index contributed by atoms with van der Waals surface area (Å²) in [5, 5.41) is 15.0. The maximum Gasteiger partial charge on any atom is 0.336 e. The fourth-order valence-electron chi connectivity index (χ4n) is 2.36. The fourth-order valence-corrected chi connectivity index (χ4v) is 2.36. The van der Waals surface area contributed by atoms with E-state index >= 15 is 0 Å². The van der Waals surface area contributed by atoms with Gasteiger partial charge in [-0.2, -0.15) is 5.10 Å². The van der Waals surface area contributed by atoms with E-state index in [1.54, 1.807) is 30.3 Å². The molecule has 0 aromatic heterocycles. The van der Waals surface area contributed by atoms with Crippen LogP contribution >= 0.6 is 0 Å². The molecule has 3 rings (SSSR count). The number of fused-ring (bicyclic) bond motifs is 1. The van der Waals surface area contributed by atoms with Crippen LogP contribution in [0.4, 0.5) is 0 Å². The van der Waals surface area contributed by atoms with Gasteiger partial charge in [0.15, 0.2) is 0 Å². The zero-order chi connectivity index (χ0) is 16.9. The predicted octanol–water partition coefficient (Wildman–Crippen LogP) is 3.30. The van der Waals surface area contributed by atoms with E-state index in [1.807, 2.05) is 30.3 Å². The Morgan fingerprint density at radius 2 is 1.62 bits per heavy atom. The minimum Gasteiger partial charge on any atom is -0.478 e. The minimum atomic E-state index is -1.04. The van der Waals surface area contributed by atoms with Crippen molar-refractivity contribution in [3.63, 3.8) is 0 Å². The molecule has 3 aromatic carbocycles. The lowest BCUT2D eigenvalue weighted by Crippen LogP contribution is -2.17. The van der Waals surface area contributed by atoms with Crippen molar-refractivity contribution in [2.75, 3.05) is 0 Å². The van der Waals surface area contributed by atoms with E-state index in [4.69, 9.17) is 5.11 Å². The molecule has 118 valence electrons. The van der Waals surface area contributed by atoms with Gasteiger partial charge in [-0.25, -0.2) is 10.2 Å². The first kappa shape index (κ1) is 15.4. The largest absolute Gasteiger partial charge is 0.478 e. The van der Waals surface area contributed by atoms with Crippen molar-refractivity contribution in [2.45, 2.75) is 0 Å². The van der Waals surface area contributed by atoms with Crippen LogP contribution in [-0.4, -0.2) is 23.2 Å². The van der Waals surface area contributed by atoms with Crippen LogP contribution in [0, 0.1) is 0 Å². The fraction of sp³-hybridized carbons (Fsp3) is 0. The van der Waals surface area contributed by atoms with Crippen LogP contribution in [0.3, 0.4) is 0 Å². The van der Waals surface area contributed by atoms with Crippen molar-refractivity contribution in [3.8, 4) is 0 Å². The Labute approximate surface area is 138 Å². The summed E-state index contributed by atoms with van der Waals surface area (Å²) in [6.07, 6.45) is 1.32. The Morgan fingerprint density at radius 3 is 2.42 bits per heavy atom. The van der Waals surface area contributed by atoms with E-state index in [0.29, 0.717) is 11.1 Å². The molecule has 0 saturated heterocycles. The van der Waals surface area contributed by atoms with Gasteiger partial charge >= 0.3 is 5.97 Å². The average molecular weight is 318 g/mol. The third-order valence-corrected chi connectivity index (χ3v) is 3.57. The predicted molar refractivity (Wildman–Crippen MR) is 92.4 cm³/mol. The summed E-state index contributed by atoms with van der Waals surface area (Å²) in [5.74, 6) is -1.40. The van der Waals surface area contributed by atoms with Crippen molar-refractivity contribution in [2.24, 2.45) is 5.10 Å². The highest BCUT2D eigenvalue weighted by molar-refractivity contribution is 6.00. The first-order chi connectivity index (χ1) is 11.6. The Morgan fingerprint density at radius 1 is 0.917 bits per heavy atom. The third kappa shape index (κ3) is 3.30. The number of benzene rings is 3. The van der Waals surface area contributed by atoms with Crippen LogP contribution in [0.2, 0.25) is 0 Å². The van der Waals surface area contributed by atoms with Gasteiger partial charge in [-0.3, -0.25) is 4.79 Å². The summed E-state index contributed by atoms with van der Waals surface area (Å²) in [5.41, 5.74) is 3.45. The Hall–Kier alpha value is -3.47. The number of carbonyl (C=O) groups is 2. The summed E-state index contributed by atoms with van der Waals surface area (Å²) in [7, 11) is 0. The monoisotopic (exact) mass is 318 g/mol. The molecule has 0 fully saturated rings. The molecule has 0 atom stereocenters. The molecule has 24 heavy (non-hydrogen) atoms. The lowest BCUT2D eigenvalue weighted by Gasteiger charge is -2.03. The van der Waals surface area contributed by atoms with E-state index in [9.17, 15) is 9.59 Å². The smallest absolute Gasteiger partial charge is 0.336 e. The number of carboxylic acids is 1. The number of hydrogen-bond acceptors (Lipinski definition) is 3. The molecular weight excluding hydrogens is 304 g/mol. The van der Waals surface area contributed by atoms with Crippen molar-refractivity contribution in [3.05, 3.63) is 83.4 Å². The first-order valence-corrected chi connectivity index (χ1v) is 7.30. The molecule has 0 bridgehead atoms. The number of carboxylic acid groups (broad SMARTS) is 1. The highest BCUT2D eigenvalue weighted by atomic mass is 16.4. The van der Waals surface area contributed by atoms with Gasteiger partial charge in [-0.05, 0) is 29.0 Å². The van der Waals surface area contributed by atoms with Gasteiger partial charge in [0, 0.05) is 11.1 Å². The van der Waals surface area contributed by atoms with E-state index in [0.717, 1.165) is 10.8 Å². The number of amides is 1. The lowest BCUT2D eigenvalue weighted by molar-refractivity contribution is 0.0696. The lowest BCUT2D eigenvalue weighted by atomic mass is 10.1. The Bertz CT molecular complexity index is 948. The van der Waals surface area contributed by atoms with Gasteiger partial charge in [0.05, 0.1) is 11.8 Å². The second-order valence-electron chi connectivity index (χ2n) is 5.15. The zero-order valence-corrected chi connectivity index (χ0v) is 12.6. The molecule has 3 aromatic rings. The van der Waals surface area contributed by atoms with Crippen LogP contribution < -0.4 is 5.43 Å². The number of carbonyl (C=O) groups excluding carboxylic acids is 1. The summed E-state index contributed by atoms with van der Waals surface area (Å²) in [4.78, 5) is 23.3. The van der Waals surface area contributed by atoms with Gasteiger partial charge < -0.3 is 5.11 Å². The van der Waals surface area contributed by atoms with E-state index < -0.39 is 5.97 Å². The number of nitrogens with one attached hydrogen (secondary N) is 1. The molecule has 1 amide bonds. The molecule has 0 saturated carbocycles. The topological polar surface area (TPSA) is 78.8 Å². The van der Waals surface area contributed by atoms with Crippen molar-refractivity contribution >= 4 is 28.9 Å². The minimum absolute atomic E-state index is 0.126. The number of nitrogens with zero attached hydrogens (tertiary/aromatic N) is 1. The number of hydrazone groups is 1. The maximum absolute atomic E-state index is 12.2. The molecule has 0 heterocycles. The second-order valence-corrected chi connectivity index (χ2v) is 5.15.